The van der Waals surface area contributed by atoms with E-state index < -0.39 is 29.4 Å². The molecule has 0 aromatic heterocycles. The van der Waals surface area contributed by atoms with E-state index in [0.29, 0.717) is 0 Å². The molecule has 1 aromatic rings. The summed E-state index contributed by atoms with van der Waals surface area (Å²) in [4.78, 5) is 2.46. The van der Waals surface area contributed by atoms with Crippen molar-refractivity contribution in [3.8, 4) is 0 Å². The van der Waals surface area contributed by atoms with E-state index in [1.54, 1.807) is 0 Å². The van der Waals surface area contributed by atoms with Crippen molar-refractivity contribution < 1.29 is 19.0 Å². The van der Waals surface area contributed by atoms with E-state index in [1.165, 1.54) is 0 Å². The molecule has 0 heterocycles. The minimum absolute atomic E-state index is 0.0749. The number of azide groups is 1. The summed E-state index contributed by atoms with van der Waals surface area (Å²) < 4.78 is 27.2. The van der Waals surface area contributed by atoms with Gasteiger partial charge in [0.05, 0.1) is 11.7 Å². The fourth-order valence-corrected chi connectivity index (χ4v) is 1.82. The fourth-order valence-electron chi connectivity index (χ4n) is 1.42. The standard InChI is InChI=1S/C10H10BrF2N3O2/c11-5-3-6(12)9(7(13)4-5)10(18)8(17)1-2-15-16-14/h3-4,8,10,17-18H,1-2H2. The summed E-state index contributed by atoms with van der Waals surface area (Å²) in [5, 5.41) is 22.4. The van der Waals surface area contributed by atoms with Crippen molar-refractivity contribution in [1.29, 1.82) is 0 Å². The molecule has 0 saturated carbocycles. The van der Waals surface area contributed by atoms with Crippen molar-refractivity contribution in [1.82, 2.24) is 0 Å². The Labute approximate surface area is 110 Å². The summed E-state index contributed by atoms with van der Waals surface area (Å²) in [5.41, 5.74) is 7.44. The second-order valence-corrected chi connectivity index (χ2v) is 4.45. The van der Waals surface area contributed by atoms with E-state index in [1.807, 2.05) is 0 Å². The van der Waals surface area contributed by atoms with Gasteiger partial charge in [-0.1, -0.05) is 21.0 Å². The summed E-state index contributed by atoms with van der Waals surface area (Å²) in [7, 11) is 0. The average Bonchev–Trinajstić information content (AvgIpc) is 2.27. The number of aliphatic hydroxyl groups is 2. The Morgan fingerprint density at radius 3 is 2.39 bits per heavy atom. The van der Waals surface area contributed by atoms with Gasteiger partial charge in [0.15, 0.2) is 0 Å². The number of aliphatic hydroxyl groups excluding tert-OH is 2. The molecule has 0 bridgehead atoms. The van der Waals surface area contributed by atoms with Crippen LogP contribution >= 0.6 is 15.9 Å². The maximum atomic E-state index is 13.5. The van der Waals surface area contributed by atoms with Crippen LogP contribution in [0.1, 0.15) is 18.1 Å². The van der Waals surface area contributed by atoms with Gasteiger partial charge in [0, 0.05) is 15.9 Å². The van der Waals surface area contributed by atoms with Crippen LogP contribution in [0.2, 0.25) is 0 Å². The highest BCUT2D eigenvalue weighted by Crippen LogP contribution is 2.27. The smallest absolute Gasteiger partial charge is 0.133 e. The molecule has 18 heavy (non-hydrogen) atoms. The minimum atomic E-state index is -1.72. The lowest BCUT2D eigenvalue weighted by molar-refractivity contribution is 0.0108. The Morgan fingerprint density at radius 2 is 1.89 bits per heavy atom. The molecule has 0 aliphatic heterocycles. The lowest BCUT2D eigenvalue weighted by Crippen LogP contribution is -2.21. The van der Waals surface area contributed by atoms with Gasteiger partial charge in [0.1, 0.15) is 17.7 Å². The van der Waals surface area contributed by atoms with Crippen LogP contribution in [0.3, 0.4) is 0 Å². The predicted octanol–water partition coefficient (Wildman–Crippen LogP) is 2.82. The number of hydrogen-bond donors (Lipinski definition) is 2. The fraction of sp³-hybridized carbons (Fsp3) is 0.400. The molecule has 0 spiro atoms. The highest BCUT2D eigenvalue weighted by Gasteiger charge is 2.25. The molecule has 0 fully saturated rings. The van der Waals surface area contributed by atoms with Gasteiger partial charge in [0.2, 0.25) is 0 Å². The van der Waals surface area contributed by atoms with Crippen LogP contribution in [0.25, 0.3) is 10.4 Å². The van der Waals surface area contributed by atoms with Crippen molar-refractivity contribution in [3.63, 3.8) is 0 Å². The molecule has 0 aliphatic rings. The normalized spacial score (nSPS) is 13.8. The molecule has 1 aromatic carbocycles. The zero-order valence-electron chi connectivity index (χ0n) is 9.09. The Morgan fingerprint density at radius 1 is 1.33 bits per heavy atom. The zero-order chi connectivity index (χ0) is 13.7. The number of benzene rings is 1. The SMILES string of the molecule is [N-]=[N+]=NCCC(O)C(O)c1c(F)cc(Br)cc1F. The summed E-state index contributed by atoms with van der Waals surface area (Å²) in [6.07, 6.45) is -3.23. The van der Waals surface area contributed by atoms with Crippen LogP contribution in [-0.4, -0.2) is 22.9 Å². The molecule has 2 unspecified atom stereocenters. The maximum Gasteiger partial charge on any atom is 0.133 e. The molecular weight excluding hydrogens is 312 g/mol. The first-order valence-electron chi connectivity index (χ1n) is 4.98. The zero-order valence-corrected chi connectivity index (χ0v) is 10.7. The summed E-state index contributed by atoms with van der Waals surface area (Å²) in [6, 6.07) is 1.98. The number of halogens is 3. The third kappa shape index (κ3) is 3.64. The Kier molecular flexibility index (Phi) is 5.49. The molecular formula is C10H10BrF2N3O2. The summed E-state index contributed by atoms with van der Waals surface area (Å²) in [5.74, 6) is -1.92. The Balaban J connectivity index is 2.89. The Hall–Kier alpha value is -1.21. The molecule has 5 nitrogen and oxygen atoms in total. The third-order valence-electron chi connectivity index (χ3n) is 2.29. The van der Waals surface area contributed by atoms with Gasteiger partial charge in [-0.3, -0.25) is 0 Å². The van der Waals surface area contributed by atoms with Gasteiger partial charge in [-0.15, -0.1) is 0 Å². The van der Waals surface area contributed by atoms with Gasteiger partial charge in [-0.25, -0.2) is 8.78 Å². The highest BCUT2D eigenvalue weighted by atomic mass is 79.9. The van der Waals surface area contributed by atoms with Gasteiger partial charge in [0.25, 0.3) is 0 Å². The van der Waals surface area contributed by atoms with E-state index in [0.717, 1.165) is 12.1 Å². The predicted molar refractivity (Wildman–Crippen MR) is 63.7 cm³/mol. The number of rotatable bonds is 5. The van der Waals surface area contributed by atoms with Crippen LogP contribution in [0.4, 0.5) is 8.78 Å². The van der Waals surface area contributed by atoms with Crippen LogP contribution in [0.15, 0.2) is 21.7 Å². The van der Waals surface area contributed by atoms with E-state index in [2.05, 4.69) is 26.0 Å². The van der Waals surface area contributed by atoms with Crippen LogP contribution < -0.4 is 0 Å². The lowest BCUT2D eigenvalue weighted by atomic mass is 10.0. The average molecular weight is 322 g/mol. The third-order valence-corrected chi connectivity index (χ3v) is 2.75. The Bertz CT molecular complexity index is 457. The first-order chi connectivity index (χ1) is 8.47. The second-order valence-electron chi connectivity index (χ2n) is 3.54. The molecule has 8 heteroatoms. The monoisotopic (exact) mass is 321 g/mol. The molecule has 0 radical (unpaired) electrons. The van der Waals surface area contributed by atoms with Crippen LogP contribution in [0.5, 0.6) is 0 Å². The first kappa shape index (κ1) is 14.8. The topological polar surface area (TPSA) is 89.2 Å². The quantitative estimate of drug-likeness (QED) is 0.496. The van der Waals surface area contributed by atoms with Gasteiger partial charge >= 0.3 is 0 Å². The van der Waals surface area contributed by atoms with Crippen molar-refractivity contribution >= 4 is 15.9 Å². The maximum absolute atomic E-state index is 13.5. The molecule has 1 rings (SSSR count). The molecule has 2 atom stereocenters. The van der Waals surface area contributed by atoms with Crippen molar-refractivity contribution in [2.45, 2.75) is 18.6 Å². The van der Waals surface area contributed by atoms with E-state index in [9.17, 15) is 19.0 Å². The lowest BCUT2D eigenvalue weighted by Gasteiger charge is -2.18. The molecule has 0 amide bonds. The number of hydrogen-bond acceptors (Lipinski definition) is 3. The van der Waals surface area contributed by atoms with Crippen LogP contribution in [-0.2, 0) is 0 Å². The molecule has 98 valence electrons. The second kappa shape index (κ2) is 6.65. The van der Waals surface area contributed by atoms with Crippen LogP contribution in [0, 0.1) is 11.6 Å². The van der Waals surface area contributed by atoms with Gasteiger partial charge < -0.3 is 10.2 Å². The first-order valence-corrected chi connectivity index (χ1v) is 5.78. The minimum Gasteiger partial charge on any atom is -0.390 e. The molecule has 0 aliphatic carbocycles. The summed E-state index contributed by atoms with van der Waals surface area (Å²) >= 11 is 2.91. The largest absolute Gasteiger partial charge is 0.390 e. The molecule has 0 saturated heterocycles. The van der Waals surface area contributed by atoms with E-state index >= 15 is 0 Å². The van der Waals surface area contributed by atoms with Gasteiger partial charge in [-0.2, -0.15) is 0 Å². The van der Waals surface area contributed by atoms with Gasteiger partial charge in [-0.05, 0) is 24.1 Å². The van der Waals surface area contributed by atoms with Crippen molar-refractivity contribution in [3.05, 3.63) is 44.2 Å². The summed E-state index contributed by atoms with van der Waals surface area (Å²) in [6.45, 7) is -0.0749. The van der Waals surface area contributed by atoms with E-state index in [4.69, 9.17) is 5.53 Å². The van der Waals surface area contributed by atoms with E-state index in [-0.39, 0.29) is 17.4 Å². The van der Waals surface area contributed by atoms with Crippen molar-refractivity contribution in [2.24, 2.45) is 5.11 Å². The molecule has 2 N–H and O–H groups in total. The van der Waals surface area contributed by atoms with Crippen molar-refractivity contribution in [2.75, 3.05) is 6.54 Å². The highest BCUT2D eigenvalue weighted by molar-refractivity contribution is 9.10. The number of nitrogens with zero attached hydrogens (tertiary/aromatic N) is 3.